The number of hydrogen-bond donors (Lipinski definition) is 2. The lowest BCUT2D eigenvalue weighted by molar-refractivity contribution is 0.0661. The summed E-state index contributed by atoms with van der Waals surface area (Å²) in [4.78, 5) is 10.8. The Labute approximate surface area is 116 Å². The summed E-state index contributed by atoms with van der Waals surface area (Å²) >= 11 is 6.08. The monoisotopic (exact) mass is 279 g/mol. The minimum Gasteiger partial charge on any atom is -0.475 e. The highest BCUT2D eigenvalue weighted by atomic mass is 35.5. The molecule has 0 fully saturated rings. The zero-order chi connectivity index (χ0) is 14.0. The third-order valence-corrected chi connectivity index (χ3v) is 3.15. The predicted octanol–water partition coefficient (Wildman–Crippen LogP) is 3.86. The predicted molar refractivity (Wildman–Crippen MR) is 73.9 cm³/mol. The summed E-state index contributed by atoms with van der Waals surface area (Å²) in [5.74, 6) is -0.527. The first-order valence-electron chi connectivity index (χ1n) is 5.80. The van der Waals surface area contributed by atoms with Gasteiger partial charge in [0.05, 0.1) is 10.7 Å². The van der Waals surface area contributed by atoms with Gasteiger partial charge >= 0.3 is 5.97 Å². The van der Waals surface area contributed by atoms with Crippen molar-refractivity contribution >= 4 is 23.3 Å². The number of carboxylic acid groups (broad SMARTS) is 1. The molecule has 2 N–H and O–H groups in total. The summed E-state index contributed by atoms with van der Waals surface area (Å²) in [6.45, 7) is 4.18. The van der Waals surface area contributed by atoms with Crippen LogP contribution in [0.25, 0.3) is 0 Å². The molecule has 0 saturated carbocycles. The fourth-order valence-electron chi connectivity index (χ4n) is 1.77. The second kappa shape index (κ2) is 5.36. The summed E-state index contributed by atoms with van der Waals surface area (Å²) in [6, 6.07) is 7.22. The zero-order valence-corrected chi connectivity index (χ0v) is 11.4. The van der Waals surface area contributed by atoms with Crippen molar-refractivity contribution in [2.45, 2.75) is 20.4 Å². The fraction of sp³-hybridized carbons (Fsp3) is 0.214. The maximum absolute atomic E-state index is 10.8. The number of anilines is 1. The van der Waals surface area contributed by atoms with E-state index in [1.54, 1.807) is 6.92 Å². The second-order valence-corrected chi connectivity index (χ2v) is 4.74. The van der Waals surface area contributed by atoms with Crippen LogP contribution in [0.5, 0.6) is 0 Å². The summed E-state index contributed by atoms with van der Waals surface area (Å²) in [5.41, 5.74) is 2.72. The summed E-state index contributed by atoms with van der Waals surface area (Å²) < 4.78 is 5.15. The molecule has 0 aliphatic carbocycles. The molecule has 0 amide bonds. The zero-order valence-electron chi connectivity index (χ0n) is 10.7. The molecular formula is C14H14ClNO3. The number of aryl methyl sites for hydroxylation is 2. The Bertz CT molecular complexity index is 619. The molecule has 0 bridgehead atoms. The van der Waals surface area contributed by atoms with Crippen molar-refractivity contribution in [3.05, 3.63) is 51.9 Å². The quantitative estimate of drug-likeness (QED) is 0.892. The van der Waals surface area contributed by atoms with Gasteiger partial charge in [-0.15, -0.1) is 0 Å². The van der Waals surface area contributed by atoms with Crippen LogP contribution in [0, 0.1) is 13.8 Å². The van der Waals surface area contributed by atoms with Gasteiger partial charge in [0.2, 0.25) is 5.76 Å². The molecule has 4 nitrogen and oxygen atoms in total. The van der Waals surface area contributed by atoms with E-state index in [1.807, 2.05) is 25.1 Å². The van der Waals surface area contributed by atoms with E-state index >= 15 is 0 Å². The molecule has 0 saturated heterocycles. The Morgan fingerprint density at radius 3 is 2.74 bits per heavy atom. The molecule has 0 aliphatic heterocycles. The van der Waals surface area contributed by atoms with E-state index < -0.39 is 5.97 Å². The van der Waals surface area contributed by atoms with E-state index in [0.717, 1.165) is 16.8 Å². The van der Waals surface area contributed by atoms with Crippen LogP contribution in [-0.2, 0) is 6.54 Å². The van der Waals surface area contributed by atoms with E-state index in [2.05, 4.69) is 5.32 Å². The van der Waals surface area contributed by atoms with Crippen LogP contribution >= 0.6 is 11.6 Å². The van der Waals surface area contributed by atoms with Crippen molar-refractivity contribution in [2.24, 2.45) is 0 Å². The molecule has 2 aromatic rings. The number of carboxylic acids is 1. The number of furan rings is 1. The van der Waals surface area contributed by atoms with E-state index in [0.29, 0.717) is 17.3 Å². The van der Waals surface area contributed by atoms with Crippen LogP contribution in [0.3, 0.4) is 0 Å². The minimum atomic E-state index is -1.07. The number of halogens is 1. The van der Waals surface area contributed by atoms with Crippen molar-refractivity contribution in [3.63, 3.8) is 0 Å². The maximum Gasteiger partial charge on any atom is 0.371 e. The molecule has 1 aromatic heterocycles. The Kier molecular flexibility index (Phi) is 3.81. The highest BCUT2D eigenvalue weighted by molar-refractivity contribution is 6.33. The fourth-order valence-corrected chi connectivity index (χ4v) is 1.95. The van der Waals surface area contributed by atoms with Crippen LogP contribution in [-0.4, -0.2) is 11.1 Å². The van der Waals surface area contributed by atoms with E-state index in [-0.39, 0.29) is 5.76 Å². The van der Waals surface area contributed by atoms with Gasteiger partial charge in [0, 0.05) is 12.1 Å². The van der Waals surface area contributed by atoms with Crippen molar-refractivity contribution in [2.75, 3.05) is 5.32 Å². The number of benzene rings is 1. The van der Waals surface area contributed by atoms with Crippen molar-refractivity contribution in [1.82, 2.24) is 0 Å². The molecule has 0 radical (unpaired) electrons. The maximum atomic E-state index is 10.8. The molecule has 2 rings (SSSR count). The van der Waals surface area contributed by atoms with Crippen LogP contribution in [0.15, 0.2) is 28.7 Å². The lowest BCUT2D eigenvalue weighted by Gasteiger charge is -2.08. The van der Waals surface area contributed by atoms with Gasteiger partial charge in [-0.2, -0.15) is 0 Å². The van der Waals surface area contributed by atoms with Gasteiger partial charge in [0.1, 0.15) is 5.76 Å². The topological polar surface area (TPSA) is 62.5 Å². The van der Waals surface area contributed by atoms with Gasteiger partial charge in [-0.05, 0) is 37.6 Å². The molecule has 0 spiro atoms. The van der Waals surface area contributed by atoms with E-state index in [1.165, 1.54) is 6.07 Å². The van der Waals surface area contributed by atoms with Crippen molar-refractivity contribution in [3.8, 4) is 0 Å². The highest BCUT2D eigenvalue weighted by Crippen LogP contribution is 2.24. The molecule has 1 aromatic carbocycles. The van der Waals surface area contributed by atoms with Gasteiger partial charge in [-0.1, -0.05) is 17.7 Å². The average molecular weight is 280 g/mol. The lowest BCUT2D eigenvalue weighted by atomic mass is 10.2. The second-order valence-electron chi connectivity index (χ2n) is 4.33. The smallest absolute Gasteiger partial charge is 0.371 e. The van der Waals surface area contributed by atoms with Crippen LogP contribution in [0.4, 0.5) is 5.69 Å². The van der Waals surface area contributed by atoms with Gasteiger partial charge < -0.3 is 14.8 Å². The average Bonchev–Trinajstić information content (AvgIpc) is 2.72. The van der Waals surface area contributed by atoms with Gasteiger partial charge in [-0.25, -0.2) is 4.79 Å². The molecule has 0 unspecified atom stereocenters. The molecule has 0 atom stereocenters. The third kappa shape index (κ3) is 3.09. The first-order valence-corrected chi connectivity index (χ1v) is 6.18. The number of hydrogen-bond acceptors (Lipinski definition) is 3. The van der Waals surface area contributed by atoms with Crippen LogP contribution < -0.4 is 5.32 Å². The minimum absolute atomic E-state index is 0.0513. The normalized spacial score (nSPS) is 10.5. The van der Waals surface area contributed by atoms with Crippen molar-refractivity contribution in [1.29, 1.82) is 0 Å². The Morgan fingerprint density at radius 2 is 2.11 bits per heavy atom. The number of rotatable bonds is 4. The molecule has 1 heterocycles. The van der Waals surface area contributed by atoms with Crippen LogP contribution in [0.2, 0.25) is 5.02 Å². The Hall–Kier alpha value is -1.94. The summed E-state index contributed by atoms with van der Waals surface area (Å²) in [5, 5.41) is 12.7. The van der Waals surface area contributed by atoms with Crippen LogP contribution in [0.1, 0.15) is 27.4 Å². The summed E-state index contributed by atoms with van der Waals surface area (Å²) in [6.07, 6.45) is 0. The van der Waals surface area contributed by atoms with Gasteiger partial charge in [0.15, 0.2) is 0 Å². The highest BCUT2D eigenvalue weighted by Gasteiger charge is 2.13. The Balaban J connectivity index is 2.14. The standard InChI is InChI=1S/C14H14ClNO3/c1-8-3-4-11(15)12(5-8)16-7-10-6-13(14(17)18)19-9(10)2/h3-6,16H,7H2,1-2H3,(H,17,18). The molecule has 19 heavy (non-hydrogen) atoms. The van der Waals surface area contributed by atoms with E-state index in [9.17, 15) is 4.79 Å². The number of aromatic carboxylic acids is 1. The number of nitrogens with one attached hydrogen (secondary N) is 1. The number of carbonyl (C=O) groups is 1. The first kappa shape index (κ1) is 13.5. The molecule has 100 valence electrons. The largest absolute Gasteiger partial charge is 0.475 e. The SMILES string of the molecule is Cc1ccc(Cl)c(NCc2cc(C(=O)O)oc2C)c1. The van der Waals surface area contributed by atoms with Crippen molar-refractivity contribution < 1.29 is 14.3 Å². The molecular weight excluding hydrogens is 266 g/mol. The van der Waals surface area contributed by atoms with Gasteiger partial charge in [0.25, 0.3) is 0 Å². The van der Waals surface area contributed by atoms with E-state index in [4.69, 9.17) is 21.1 Å². The Morgan fingerprint density at radius 1 is 1.37 bits per heavy atom. The lowest BCUT2D eigenvalue weighted by Crippen LogP contribution is -2.00. The first-order chi connectivity index (χ1) is 8.97. The summed E-state index contributed by atoms with van der Waals surface area (Å²) in [7, 11) is 0. The molecule has 0 aliphatic rings. The van der Waals surface area contributed by atoms with Gasteiger partial charge in [-0.3, -0.25) is 0 Å². The third-order valence-electron chi connectivity index (χ3n) is 2.82. The molecule has 5 heteroatoms.